The van der Waals surface area contributed by atoms with Gasteiger partial charge in [0, 0.05) is 23.4 Å². The first-order valence-electron chi connectivity index (χ1n) is 6.26. The van der Waals surface area contributed by atoms with Crippen LogP contribution in [0.4, 0.5) is 0 Å². The molecule has 88 valence electrons. The highest BCUT2D eigenvalue weighted by molar-refractivity contribution is 7.11. The van der Waals surface area contributed by atoms with E-state index in [0.29, 0.717) is 5.41 Å². The molecular weight excluding hydrogens is 216 g/mol. The van der Waals surface area contributed by atoms with Crippen LogP contribution in [0.3, 0.4) is 0 Å². The third kappa shape index (κ3) is 2.03. The van der Waals surface area contributed by atoms with E-state index in [1.807, 2.05) is 11.3 Å². The number of aryl methyl sites for hydroxylation is 1. The molecule has 0 amide bonds. The summed E-state index contributed by atoms with van der Waals surface area (Å²) < 4.78 is 0. The van der Waals surface area contributed by atoms with Crippen LogP contribution >= 0.6 is 11.3 Å². The summed E-state index contributed by atoms with van der Waals surface area (Å²) in [5.41, 5.74) is 1.75. The normalized spacial score (nSPS) is 27.1. The molecule has 0 spiro atoms. The van der Waals surface area contributed by atoms with Crippen molar-refractivity contribution < 1.29 is 0 Å². The minimum Gasteiger partial charge on any atom is -0.309 e. The fourth-order valence-electron chi connectivity index (χ4n) is 2.18. The lowest BCUT2D eigenvalue weighted by atomic mass is 10.1. The fourth-order valence-corrected chi connectivity index (χ4v) is 3.51. The number of nitrogens with one attached hydrogen (secondary N) is 1. The van der Waals surface area contributed by atoms with Gasteiger partial charge in [0.2, 0.25) is 0 Å². The summed E-state index contributed by atoms with van der Waals surface area (Å²) in [6.45, 7) is 7.87. The molecule has 3 rings (SSSR count). The molecule has 1 aromatic rings. The molecule has 0 bridgehead atoms. The van der Waals surface area contributed by atoms with Crippen LogP contribution in [0.2, 0.25) is 0 Å². The van der Waals surface area contributed by atoms with Gasteiger partial charge in [-0.3, -0.25) is 0 Å². The summed E-state index contributed by atoms with van der Waals surface area (Å²) >= 11 is 1.93. The zero-order chi connectivity index (χ0) is 11.3. The molecule has 0 aliphatic heterocycles. The SMILES string of the molecule is Cc1nc(C2CC2(C)C)sc1CNC1CC1. The topological polar surface area (TPSA) is 24.9 Å². The van der Waals surface area contributed by atoms with E-state index >= 15 is 0 Å². The summed E-state index contributed by atoms with van der Waals surface area (Å²) in [5.74, 6) is 0.728. The first-order chi connectivity index (χ1) is 7.56. The van der Waals surface area contributed by atoms with Gasteiger partial charge in [0.05, 0.1) is 10.7 Å². The molecule has 2 aliphatic rings. The maximum Gasteiger partial charge on any atom is 0.0967 e. The van der Waals surface area contributed by atoms with Gasteiger partial charge in [0.15, 0.2) is 0 Å². The lowest BCUT2D eigenvalue weighted by Crippen LogP contribution is -2.14. The molecule has 1 heterocycles. The molecule has 2 saturated carbocycles. The van der Waals surface area contributed by atoms with E-state index in [1.54, 1.807) is 0 Å². The first kappa shape index (κ1) is 10.7. The number of aromatic nitrogens is 1. The average Bonchev–Trinajstić information content (AvgIpc) is 3.09. The van der Waals surface area contributed by atoms with Crippen molar-refractivity contribution >= 4 is 11.3 Å². The average molecular weight is 236 g/mol. The van der Waals surface area contributed by atoms with Crippen molar-refractivity contribution in [1.29, 1.82) is 0 Å². The smallest absolute Gasteiger partial charge is 0.0967 e. The Bertz CT molecular complexity index is 404. The second kappa shape index (κ2) is 3.54. The number of hydrogen-bond donors (Lipinski definition) is 1. The third-order valence-corrected chi connectivity index (χ3v) is 5.12. The van der Waals surface area contributed by atoms with E-state index in [2.05, 4.69) is 26.1 Å². The van der Waals surface area contributed by atoms with Crippen molar-refractivity contribution in [3.63, 3.8) is 0 Å². The van der Waals surface area contributed by atoms with Crippen LogP contribution in [-0.2, 0) is 6.54 Å². The van der Waals surface area contributed by atoms with Crippen LogP contribution in [0.15, 0.2) is 0 Å². The van der Waals surface area contributed by atoms with Gasteiger partial charge < -0.3 is 5.32 Å². The van der Waals surface area contributed by atoms with Gasteiger partial charge in [0.1, 0.15) is 0 Å². The molecule has 16 heavy (non-hydrogen) atoms. The predicted octanol–water partition coefficient (Wildman–Crippen LogP) is 3.22. The van der Waals surface area contributed by atoms with Crippen molar-refractivity contribution in [2.75, 3.05) is 0 Å². The zero-order valence-corrected chi connectivity index (χ0v) is 11.2. The highest BCUT2D eigenvalue weighted by atomic mass is 32.1. The van der Waals surface area contributed by atoms with Crippen LogP contribution in [0, 0.1) is 12.3 Å². The molecule has 1 atom stereocenters. The maximum absolute atomic E-state index is 4.75. The molecule has 0 saturated heterocycles. The molecule has 1 N–H and O–H groups in total. The lowest BCUT2D eigenvalue weighted by molar-refractivity contribution is 0.620. The van der Waals surface area contributed by atoms with Gasteiger partial charge >= 0.3 is 0 Å². The second-order valence-corrected chi connectivity index (χ2v) is 7.08. The second-order valence-electron chi connectivity index (χ2n) is 5.96. The van der Waals surface area contributed by atoms with Crippen molar-refractivity contribution in [3.05, 3.63) is 15.6 Å². The minimum atomic E-state index is 0.505. The summed E-state index contributed by atoms with van der Waals surface area (Å²) in [4.78, 5) is 6.19. The third-order valence-electron chi connectivity index (χ3n) is 3.85. The van der Waals surface area contributed by atoms with Gasteiger partial charge in [-0.2, -0.15) is 0 Å². The van der Waals surface area contributed by atoms with Crippen LogP contribution in [0.1, 0.15) is 54.6 Å². The largest absolute Gasteiger partial charge is 0.309 e. The van der Waals surface area contributed by atoms with Crippen molar-refractivity contribution in [1.82, 2.24) is 10.3 Å². The van der Waals surface area contributed by atoms with Crippen LogP contribution in [0.5, 0.6) is 0 Å². The Hall–Kier alpha value is -0.410. The standard InChI is InChI=1S/C13H20N2S/c1-8-11(7-14-9-4-5-9)16-12(15-8)10-6-13(10,2)3/h9-10,14H,4-7H2,1-3H3. The number of thiazole rings is 1. The Kier molecular flexibility index (Phi) is 2.37. The highest BCUT2D eigenvalue weighted by Gasteiger charge is 2.48. The summed E-state index contributed by atoms with van der Waals surface area (Å²) in [7, 11) is 0. The minimum absolute atomic E-state index is 0.505. The Morgan fingerprint density at radius 3 is 2.69 bits per heavy atom. The maximum atomic E-state index is 4.75. The van der Waals surface area contributed by atoms with Gasteiger partial charge in [-0.25, -0.2) is 4.98 Å². The summed E-state index contributed by atoms with van der Waals surface area (Å²) in [6.07, 6.45) is 4.04. The molecule has 2 aliphatic carbocycles. The quantitative estimate of drug-likeness (QED) is 0.868. The van der Waals surface area contributed by atoms with E-state index in [1.165, 1.54) is 34.8 Å². The molecule has 2 nitrogen and oxygen atoms in total. The Balaban J connectivity index is 1.69. The first-order valence-corrected chi connectivity index (χ1v) is 7.07. The van der Waals surface area contributed by atoms with Crippen molar-refractivity contribution in [3.8, 4) is 0 Å². The molecule has 0 aromatic carbocycles. The van der Waals surface area contributed by atoms with Gasteiger partial charge in [-0.15, -0.1) is 11.3 Å². The Labute approximate surface area is 101 Å². The number of nitrogens with zero attached hydrogens (tertiary/aromatic N) is 1. The van der Waals surface area contributed by atoms with Crippen molar-refractivity contribution in [2.24, 2.45) is 5.41 Å². The van der Waals surface area contributed by atoms with Gasteiger partial charge in [-0.1, -0.05) is 13.8 Å². The molecule has 1 unspecified atom stereocenters. The lowest BCUT2D eigenvalue weighted by Gasteiger charge is -1.99. The predicted molar refractivity (Wildman–Crippen MR) is 67.9 cm³/mol. The van der Waals surface area contributed by atoms with E-state index in [9.17, 15) is 0 Å². The molecule has 2 fully saturated rings. The Morgan fingerprint density at radius 2 is 2.12 bits per heavy atom. The van der Waals surface area contributed by atoms with Gasteiger partial charge in [-0.05, 0) is 31.6 Å². The fraction of sp³-hybridized carbons (Fsp3) is 0.769. The van der Waals surface area contributed by atoms with E-state index in [-0.39, 0.29) is 0 Å². The van der Waals surface area contributed by atoms with E-state index in [4.69, 9.17) is 4.98 Å². The molecule has 0 radical (unpaired) electrons. The van der Waals surface area contributed by atoms with Crippen LogP contribution < -0.4 is 5.32 Å². The monoisotopic (exact) mass is 236 g/mol. The van der Waals surface area contributed by atoms with Crippen LogP contribution in [-0.4, -0.2) is 11.0 Å². The molecular formula is C13H20N2S. The highest BCUT2D eigenvalue weighted by Crippen LogP contribution is 2.59. The number of hydrogen-bond acceptors (Lipinski definition) is 3. The van der Waals surface area contributed by atoms with Gasteiger partial charge in [0.25, 0.3) is 0 Å². The molecule has 3 heteroatoms. The summed E-state index contributed by atoms with van der Waals surface area (Å²) in [5, 5.41) is 4.95. The van der Waals surface area contributed by atoms with E-state index in [0.717, 1.165) is 18.5 Å². The van der Waals surface area contributed by atoms with E-state index < -0.39 is 0 Å². The Morgan fingerprint density at radius 1 is 1.44 bits per heavy atom. The zero-order valence-electron chi connectivity index (χ0n) is 10.3. The molecule has 1 aromatic heterocycles. The number of rotatable bonds is 4. The van der Waals surface area contributed by atoms with Crippen molar-refractivity contribution in [2.45, 2.75) is 58.5 Å². The summed E-state index contributed by atoms with van der Waals surface area (Å²) in [6, 6.07) is 0.794. The van der Waals surface area contributed by atoms with Crippen LogP contribution in [0.25, 0.3) is 0 Å².